The number of hydrogen-bond acceptors (Lipinski definition) is 2. The molecule has 0 aromatic carbocycles. The lowest BCUT2D eigenvalue weighted by Crippen LogP contribution is -2.19. The van der Waals surface area contributed by atoms with E-state index in [0.29, 0.717) is 6.04 Å². The zero-order chi connectivity index (χ0) is 12.0. The number of aryl methyl sites for hydroxylation is 1. The van der Waals surface area contributed by atoms with E-state index in [2.05, 4.69) is 36.3 Å². The first-order valence-electron chi connectivity index (χ1n) is 6.31. The van der Waals surface area contributed by atoms with Crippen molar-refractivity contribution in [2.45, 2.75) is 46.1 Å². The van der Waals surface area contributed by atoms with Crippen molar-refractivity contribution in [2.75, 3.05) is 7.05 Å². The van der Waals surface area contributed by atoms with E-state index < -0.39 is 0 Å². The molecular formula is C14H24N2. The molecule has 1 aromatic rings. The van der Waals surface area contributed by atoms with Gasteiger partial charge in [-0.25, -0.2) is 0 Å². The molecule has 1 unspecified atom stereocenters. The molecule has 16 heavy (non-hydrogen) atoms. The molecule has 0 aliphatic carbocycles. The first-order chi connectivity index (χ1) is 7.71. The van der Waals surface area contributed by atoms with E-state index in [1.807, 2.05) is 20.2 Å². The van der Waals surface area contributed by atoms with Gasteiger partial charge in [-0.15, -0.1) is 0 Å². The molecule has 0 amide bonds. The molecule has 0 bridgehead atoms. The van der Waals surface area contributed by atoms with E-state index in [0.717, 1.165) is 11.6 Å². The van der Waals surface area contributed by atoms with Gasteiger partial charge < -0.3 is 5.32 Å². The van der Waals surface area contributed by atoms with Crippen molar-refractivity contribution >= 4 is 0 Å². The number of rotatable bonds is 6. The summed E-state index contributed by atoms with van der Waals surface area (Å²) in [5, 5.41) is 3.42. The molecule has 0 aliphatic rings. The SMILES string of the molecule is CCC(CC)CC(NC)c1ccnc(C)c1. The predicted octanol–water partition coefficient (Wildman–Crippen LogP) is 3.48. The van der Waals surface area contributed by atoms with Crippen LogP contribution in [0.4, 0.5) is 0 Å². The molecule has 2 heteroatoms. The van der Waals surface area contributed by atoms with Crippen LogP contribution in [0.1, 0.15) is 50.4 Å². The van der Waals surface area contributed by atoms with Gasteiger partial charge in [0.25, 0.3) is 0 Å². The molecule has 0 saturated carbocycles. The summed E-state index contributed by atoms with van der Waals surface area (Å²) in [7, 11) is 2.04. The van der Waals surface area contributed by atoms with Crippen molar-refractivity contribution in [3.8, 4) is 0 Å². The molecule has 0 aliphatic heterocycles. The van der Waals surface area contributed by atoms with Gasteiger partial charge in [-0.1, -0.05) is 26.7 Å². The van der Waals surface area contributed by atoms with Gasteiger partial charge in [0, 0.05) is 17.9 Å². The molecule has 1 rings (SSSR count). The van der Waals surface area contributed by atoms with Crippen molar-refractivity contribution in [1.82, 2.24) is 10.3 Å². The highest BCUT2D eigenvalue weighted by molar-refractivity contribution is 5.19. The summed E-state index contributed by atoms with van der Waals surface area (Å²) in [6, 6.07) is 4.77. The van der Waals surface area contributed by atoms with Crippen LogP contribution in [0, 0.1) is 12.8 Å². The predicted molar refractivity (Wildman–Crippen MR) is 69.5 cm³/mol. The summed E-state index contributed by atoms with van der Waals surface area (Å²) >= 11 is 0. The van der Waals surface area contributed by atoms with Crippen LogP contribution >= 0.6 is 0 Å². The Hall–Kier alpha value is -0.890. The van der Waals surface area contributed by atoms with Crippen LogP contribution in [0.15, 0.2) is 18.3 Å². The van der Waals surface area contributed by atoms with Gasteiger partial charge in [-0.05, 0) is 44.0 Å². The fourth-order valence-electron chi connectivity index (χ4n) is 2.16. The van der Waals surface area contributed by atoms with Crippen LogP contribution in [0.5, 0.6) is 0 Å². The average molecular weight is 220 g/mol. The Kier molecular flexibility index (Phi) is 5.47. The van der Waals surface area contributed by atoms with E-state index >= 15 is 0 Å². The highest BCUT2D eigenvalue weighted by Crippen LogP contribution is 2.24. The van der Waals surface area contributed by atoms with Crippen molar-refractivity contribution in [3.05, 3.63) is 29.6 Å². The van der Waals surface area contributed by atoms with Gasteiger partial charge in [0.2, 0.25) is 0 Å². The third kappa shape index (κ3) is 3.60. The topological polar surface area (TPSA) is 24.9 Å². The fraction of sp³-hybridized carbons (Fsp3) is 0.643. The fourth-order valence-corrected chi connectivity index (χ4v) is 2.16. The standard InChI is InChI=1S/C14H24N2/c1-5-12(6-2)10-14(15-4)13-7-8-16-11(3)9-13/h7-9,12,14-15H,5-6,10H2,1-4H3. The molecule has 1 aromatic heterocycles. The molecule has 1 heterocycles. The number of pyridine rings is 1. The van der Waals surface area contributed by atoms with E-state index in [4.69, 9.17) is 0 Å². The Morgan fingerprint density at radius 1 is 1.31 bits per heavy atom. The maximum Gasteiger partial charge on any atom is 0.0375 e. The molecule has 0 spiro atoms. The Bertz CT molecular complexity index is 305. The van der Waals surface area contributed by atoms with Gasteiger partial charge in [-0.3, -0.25) is 4.98 Å². The number of hydrogen-bond donors (Lipinski definition) is 1. The maximum absolute atomic E-state index is 4.25. The highest BCUT2D eigenvalue weighted by Gasteiger charge is 2.14. The third-order valence-electron chi connectivity index (χ3n) is 3.40. The largest absolute Gasteiger partial charge is 0.313 e. The minimum absolute atomic E-state index is 0.464. The van der Waals surface area contributed by atoms with Crippen LogP contribution < -0.4 is 5.32 Å². The summed E-state index contributed by atoms with van der Waals surface area (Å²) < 4.78 is 0. The zero-order valence-corrected chi connectivity index (χ0v) is 11.0. The summed E-state index contributed by atoms with van der Waals surface area (Å²) in [6.07, 6.45) is 5.65. The average Bonchev–Trinajstić information content (AvgIpc) is 2.31. The van der Waals surface area contributed by atoms with Crippen molar-refractivity contribution < 1.29 is 0 Å². The van der Waals surface area contributed by atoms with Crippen LogP contribution in [-0.4, -0.2) is 12.0 Å². The Labute approximate surface area is 99.5 Å². The van der Waals surface area contributed by atoms with E-state index in [1.54, 1.807) is 0 Å². The van der Waals surface area contributed by atoms with Crippen LogP contribution in [0.25, 0.3) is 0 Å². The van der Waals surface area contributed by atoms with Crippen molar-refractivity contribution in [1.29, 1.82) is 0 Å². The van der Waals surface area contributed by atoms with E-state index in [-0.39, 0.29) is 0 Å². The molecule has 0 fully saturated rings. The summed E-state index contributed by atoms with van der Waals surface area (Å²) in [5.41, 5.74) is 2.46. The summed E-state index contributed by atoms with van der Waals surface area (Å²) in [6.45, 7) is 6.60. The molecular weight excluding hydrogens is 196 g/mol. The number of nitrogens with zero attached hydrogens (tertiary/aromatic N) is 1. The zero-order valence-electron chi connectivity index (χ0n) is 11.0. The second kappa shape index (κ2) is 6.64. The molecule has 1 atom stereocenters. The van der Waals surface area contributed by atoms with Crippen LogP contribution in [0.3, 0.4) is 0 Å². The first-order valence-corrected chi connectivity index (χ1v) is 6.31. The Balaban J connectivity index is 2.74. The molecule has 1 N–H and O–H groups in total. The number of aromatic nitrogens is 1. The second-order valence-electron chi connectivity index (χ2n) is 4.49. The minimum Gasteiger partial charge on any atom is -0.313 e. The maximum atomic E-state index is 4.25. The van der Waals surface area contributed by atoms with Gasteiger partial charge in [0.1, 0.15) is 0 Å². The summed E-state index contributed by atoms with van der Waals surface area (Å²) in [4.78, 5) is 4.25. The Morgan fingerprint density at radius 2 is 2.00 bits per heavy atom. The lowest BCUT2D eigenvalue weighted by Gasteiger charge is -2.22. The highest BCUT2D eigenvalue weighted by atomic mass is 14.9. The summed E-state index contributed by atoms with van der Waals surface area (Å²) in [5.74, 6) is 0.811. The molecule has 0 saturated heterocycles. The van der Waals surface area contributed by atoms with Crippen LogP contribution in [0.2, 0.25) is 0 Å². The monoisotopic (exact) mass is 220 g/mol. The number of nitrogens with one attached hydrogen (secondary N) is 1. The lowest BCUT2D eigenvalue weighted by atomic mass is 9.91. The van der Waals surface area contributed by atoms with Gasteiger partial charge >= 0.3 is 0 Å². The lowest BCUT2D eigenvalue weighted by molar-refractivity contribution is 0.385. The smallest absolute Gasteiger partial charge is 0.0375 e. The van der Waals surface area contributed by atoms with Gasteiger partial charge in [-0.2, -0.15) is 0 Å². The van der Waals surface area contributed by atoms with E-state index in [9.17, 15) is 0 Å². The molecule has 2 nitrogen and oxygen atoms in total. The normalized spacial score (nSPS) is 13.1. The van der Waals surface area contributed by atoms with E-state index in [1.165, 1.54) is 24.8 Å². The van der Waals surface area contributed by atoms with Gasteiger partial charge in [0.15, 0.2) is 0 Å². The van der Waals surface area contributed by atoms with Gasteiger partial charge in [0.05, 0.1) is 0 Å². The molecule has 0 radical (unpaired) electrons. The minimum atomic E-state index is 0.464. The molecule has 90 valence electrons. The second-order valence-corrected chi connectivity index (χ2v) is 4.49. The third-order valence-corrected chi connectivity index (χ3v) is 3.40. The first kappa shape index (κ1) is 13.2. The Morgan fingerprint density at radius 3 is 2.50 bits per heavy atom. The van der Waals surface area contributed by atoms with Crippen molar-refractivity contribution in [2.24, 2.45) is 5.92 Å². The quantitative estimate of drug-likeness (QED) is 0.794. The van der Waals surface area contributed by atoms with Crippen molar-refractivity contribution in [3.63, 3.8) is 0 Å². The van der Waals surface area contributed by atoms with Crippen LogP contribution in [-0.2, 0) is 0 Å².